The summed E-state index contributed by atoms with van der Waals surface area (Å²) in [7, 11) is 0. The summed E-state index contributed by atoms with van der Waals surface area (Å²) in [6.45, 7) is 0.597. The van der Waals surface area contributed by atoms with Gasteiger partial charge < -0.3 is 15.0 Å². The van der Waals surface area contributed by atoms with Crippen LogP contribution >= 0.6 is 0 Å². The van der Waals surface area contributed by atoms with Crippen molar-refractivity contribution in [2.24, 2.45) is 5.73 Å². The Kier molecular flexibility index (Phi) is 3.88. The molecule has 4 nitrogen and oxygen atoms in total. The van der Waals surface area contributed by atoms with Crippen molar-refractivity contribution in [2.75, 3.05) is 11.3 Å². The maximum absolute atomic E-state index is 10.2. The fourth-order valence-electron chi connectivity index (χ4n) is 1.00. The molecule has 0 saturated heterocycles. The second-order valence-corrected chi connectivity index (χ2v) is 3.25. The van der Waals surface area contributed by atoms with E-state index < -0.39 is 11.3 Å². The summed E-state index contributed by atoms with van der Waals surface area (Å²) in [6.07, 6.45) is 0.806. The zero-order valence-corrected chi connectivity index (χ0v) is 7.84. The molecule has 3 N–H and O–H groups in total. The van der Waals surface area contributed by atoms with Crippen molar-refractivity contribution < 1.29 is 8.76 Å². The lowest BCUT2D eigenvalue weighted by molar-refractivity contribution is 0.542. The molecule has 1 aromatic rings. The molecule has 0 aromatic heterocycles. The summed E-state index contributed by atoms with van der Waals surface area (Å²) in [4.78, 5) is 0. The molecule has 1 atom stereocenters. The smallest absolute Gasteiger partial charge is 0.0452 e. The Morgan fingerprint density at radius 2 is 2.00 bits per heavy atom. The zero-order valence-electron chi connectivity index (χ0n) is 7.03. The van der Waals surface area contributed by atoms with Crippen molar-refractivity contribution in [2.45, 2.75) is 6.42 Å². The lowest BCUT2D eigenvalue weighted by Crippen LogP contribution is -2.04. The summed E-state index contributed by atoms with van der Waals surface area (Å²) >= 11 is -2.25. The van der Waals surface area contributed by atoms with Gasteiger partial charge in [-0.3, -0.25) is 4.21 Å². The number of nitrogens with one attached hydrogen (secondary N) is 1. The summed E-state index contributed by atoms with van der Waals surface area (Å²) in [5.41, 5.74) is 7.03. The third-order valence-electron chi connectivity index (χ3n) is 1.59. The van der Waals surface area contributed by atoms with Crippen molar-refractivity contribution in [3.05, 3.63) is 29.8 Å². The van der Waals surface area contributed by atoms with Crippen LogP contribution in [-0.2, 0) is 17.7 Å². The predicted octanol–water partition coefficient (Wildman–Crippen LogP) is 0.394. The molecule has 72 valence electrons. The number of benzene rings is 1. The number of anilines is 1. The number of nitrogens with two attached hydrogens (primary N) is 1. The Morgan fingerprint density at radius 3 is 2.46 bits per heavy atom. The van der Waals surface area contributed by atoms with Crippen LogP contribution in [0.5, 0.6) is 0 Å². The number of rotatable bonds is 4. The molecular weight excluding hydrogens is 188 g/mol. The van der Waals surface area contributed by atoms with E-state index >= 15 is 0 Å². The van der Waals surface area contributed by atoms with Crippen LogP contribution in [0.15, 0.2) is 24.3 Å². The Hall–Kier alpha value is -0.910. The van der Waals surface area contributed by atoms with Crippen LogP contribution < -0.4 is 10.5 Å². The fraction of sp³-hybridized carbons (Fsp3) is 0.250. The summed E-state index contributed by atoms with van der Waals surface area (Å²) < 4.78 is 22.8. The minimum absolute atomic E-state index is 0.564. The van der Waals surface area contributed by atoms with Crippen molar-refractivity contribution in [3.8, 4) is 0 Å². The molecular formula is C8H11N2O2S-. The molecule has 0 radical (unpaired) electrons. The first-order valence-electron chi connectivity index (χ1n) is 3.87. The predicted molar refractivity (Wildman–Crippen MR) is 51.7 cm³/mol. The topological polar surface area (TPSA) is 78.2 Å². The lowest BCUT2D eigenvalue weighted by atomic mass is 10.1. The van der Waals surface area contributed by atoms with Gasteiger partial charge >= 0.3 is 0 Å². The first-order chi connectivity index (χ1) is 6.22. The first kappa shape index (κ1) is 10.2. The second-order valence-electron chi connectivity index (χ2n) is 2.57. The van der Waals surface area contributed by atoms with Crippen LogP contribution in [-0.4, -0.2) is 15.3 Å². The van der Waals surface area contributed by atoms with Gasteiger partial charge in [-0.15, -0.1) is 0 Å². The largest absolute Gasteiger partial charge is 0.755 e. The minimum atomic E-state index is -2.25. The van der Waals surface area contributed by atoms with Gasteiger partial charge in [-0.2, -0.15) is 0 Å². The SMILES string of the molecule is NCCc1ccc(NS(=O)[O-])cc1. The van der Waals surface area contributed by atoms with E-state index in [0.717, 1.165) is 12.0 Å². The molecule has 0 amide bonds. The van der Waals surface area contributed by atoms with Gasteiger partial charge in [-0.1, -0.05) is 12.1 Å². The Morgan fingerprint density at radius 1 is 1.38 bits per heavy atom. The van der Waals surface area contributed by atoms with Gasteiger partial charge in [0.25, 0.3) is 0 Å². The van der Waals surface area contributed by atoms with E-state index in [2.05, 4.69) is 4.72 Å². The van der Waals surface area contributed by atoms with Crippen LogP contribution in [0.25, 0.3) is 0 Å². The zero-order chi connectivity index (χ0) is 9.68. The molecule has 0 heterocycles. The highest BCUT2D eigenvalue weighted by Gasteiger charge is 1.92. The highest BCUT2D eigenvalue weighted by atomic mass is 32.2. The Bertz CT molecular complexity index is 287. The van der Waals surface area contributed by atoms with E-state index in [1.807, 2.05) is 12.1 Å². The third-order valence-corrected chi connectivity index (χ3v) is 1.99. The van der Waals surface area contributed by atoms with Gasteiger partial charge in [-0.25, -0.2) is 0 Å². The summed E-state index contributed by atoms with van der Waals surface area (Å²) in [6, 6.07) is 7.12. The molecule has 1 unspecified atom stereocenters. The van der Waals surface area contributed by atoms with Crippen LogP contribution in [0.1, 0.15) is 5.56 Å². The van der Waals surface area contributed by atoms with E-state index in [0.29, 0.717) is 12.2 Å². The lowest BCUT2D eigenvalue weighted by Gasteiger charge is -2.08. The maximum Gasteiger partial charge on any atom is 0.0452 e. The van der Waals surface area contributed by atoms with Gasteiger partial charge in [0.2, 0.25) is 0 Å². The molecule has 0 aliphatic carbocycles. The van der Waals surface area contributed by atoms with Gasteiger partial charge in [0, 0.05) is 17.0 Å². The Balaban J connectivity index is 2.64. The molecule has 0 fully saturated rings. The van der Waals surface area contributed by atoms with Crippen LogP contribution in [0.2, 0.25) is 0 Å². The van der Waals surface area contributed by atoms with E-state index in [1.54, 1.807) is 12.1 Å². The number of hydrogen-bond acceptors (Lipinski definition) is 3. The standard InChI is InChI=1S/C8H12N2O2S/c9-6-5-7-1-3-8(4-2-7)10-13(11)12/h1-4,10H,5-6,9H2,(H,11,12)/p-1. The average Bonchev–Trinajstić information content (AvgIpc) is 2.08. The summed E-state index contributed by atoms with van der Waals surface area (Å²) in [5, 5.41) is 0. The molecule has 0 spiro atoms. The van der Waals surface area contributed by atoms with E-state index in [1.165, 1.54) is 0 Å². The number of hydrogen-bond donors (Lipinski definition) is 2. The molecule has 0 aliphatic heterocycles. The van der Waals surface area contributed by atoms with E-state index in [4.69, 9.17) is 5.73 Å². The van der Waals surface area contributed by atoms with Crippen molar-refractivity contribution in [3.63, 3.8) is 0 Å². The molecule has 5 heteroatoms. The molecule has 1 rings (SSSR count). The van der Waals surface area contributed by atoms with Crippen molar-refractivity contribution in [1.29, 1.82) is 0 Å². The Labute approximate surface area is 79.6 Å². The van der Waals surface area contributed by atoms with Gasteiger partial charge in [0.05, 0.1) is 0 Å². The normalized spacial score (nSPS) is 12.5. The summed E-state index contributed by atoms with van der Waals surface area (Å²) in [5.74, 6) is 0. The van der Waals surface area contributed by atoms with Crippen LogP contribution in [0, 0.1) is 0 Å². The first-order valence-corrected chi connectivity index (χ1v) is 4.95. The van der Waals surface area contributed by atoms with Crippen molar-refractivity contribution in [1.82, 2.24) is 0 Å². The monoisotopic (exact) mass is 199 g/mol. The van der Waals surface area contributed by atoms with E-state index in [9.17, 15) is 8.76 Å². The molecule has 1 aromatic carbocycles. The quantitative estimate of drug-likeness (QED) is 0.689. The van der Waals surface area contributed by atoms with Crippen LogP contribution in [0.4, 0.5) is 5.69 Å². The van der Waals surface area contributed by atoms with E-state index in [-0.39, 0.29) is 0 Å². The van der Waals surface area contributed by atoms with Gasteiger partial charge in [0.15, 0.2) is 0 Å². The molecule has 0 aliphatic rings. The third kappa shape index (κ3) is 3.54. The molecule has 0 bridgehead atoms. The fourth-order valence-corrected chi connectivity index (χ4v) is 1.33. The highest BCUT2D eigenvalue weighted by Crippen LogP contribution is 2.09. The molecule has 0 saturated carbocycles. The van der Waals surface area contributed by atoms with Crippen molar-refractivity contribution >= 4 is 17.0 Å². The second kappa shape index (κ2) is 4.96. The minimum Gasteiger partial charge on any atom is -0.755 e. The average molecular weight is 199 g/mol. The van der Waals surface area contributed by atoms with Gasteiger partial charge in [0.1, 0.15) is 0 Å². The molecule has 13 heavy (non-hydrogen) atoms. The van der Waals surface area contributed by atoms with Gasteiger partial charge in [-0.05, 0) is 30.7 Å². The van der Waals surface area contributed by atoms with Crippen LogP contribution in [0.3, 0.4) is 0 Å². The maximum atomic E-state index is 10.2. The highest BCUT2D eigenvalue weighted by molar-refractivity contribution is 7.80.